The van der Waals surface area contributed by atoms with Gasteiger partial charge in [0.2, 0.25) is 11.8 Å². The third kappa shape index (κ3) is 21.5. The summed E-state index contributed by atoms with van der Waals surface area (Å²) < 4.78 is 75.8. The molecule has 0 radical (unpaired) electrons. The fraction of sp³-hybridized carbons (Fsp3) is 0.231. The van der Waals surface area contributed by atoms with Crippen LogP contribution in [0.3, 0.4) is 0 Å². The number of anilines is 4. The number of rotatable bonds is 24. The molecule has 0 aliphatic heterocycles. The lowest BCUT2D eigenvalue weighted by atomic mass is 10.1. The molecule has 656 valence electrons. The quantitative estimate of drug-likeness (QED) is 0.0271. The highest BCUT2D eigenvalue weighted by molar-refractivity contribution is 6.35. The van der Waals surface area contributed by atoms with Gasteiger partial charge in [-0.25, -0.2) is 47.4 Å². The summed E-state index contributed by atoms with van der Waals surface area (Å²) in [6, 6.07) is 36.0. The third-order valence-electron chi connectivity index (χ3n) is 20.4. The standard InChI is InChI=1S/C25H23ClFN5O2.C23H19ClFN5O2.C23H19ClN4O4.C20H22ClN5O4/c1-14(2)32-12-20(29-13-32)15-3-6-17-19(11-15)28-10-9-21(17)34-22-8-7-18(23(26)24(22)27)31-25(33)30-16-4-5-16;1-30-12-26-11-18(30)13-2-5-15-17(10-13)27-9-8-19(15)32-20-7-6-16(21(24)22(20)25)29-23(31)28-14-3-4-14;1-30-21-12-19-15(11-16(21)22-26-8-9-31-22)20(6-7-25-19)32-14-4-5-18(17(24)10-14)28-23(29)27-13-2-3-13;1-11(27)9-29-17-8-26-18(12(17)2)19(22-10-23-26)30-14-5-6-16(15(21)7-14)25-20(28)24-13-3-4-13/h3,6-14,16H,4-5H2,1-2H3,(H2,30,31,33);2,5-12,14H,3-4H2,1H3,(H2,28,29,31);4-13H,2-3H2,1H3,(H2,27,28,29);5-8,10-11,13,27H,3-4,9H2,1-2H3,(H2,24,25,28). The van der Waals surface area contributed by atoms with Crippen molar-refractivity contribution in [2.24, 2.45) is 7.05 Å². The van der Waals surface area contributed by atoms with Crippen molar-refractivity contribution in [2.45, 2.75) is 115 Å². The molecule has 0 bridgehead atoms. The van der Waals surface area contributed by atoms with Gasteiger partial charge in [-0.1, -0.05) is 58.5 Å². The van der Waals surface area contributed by atoms with Crippen molar-refractivity contribution in [1.82, 2.24) is 74.9 Å². The van der Waals surface area contributed by atoms with Gasteiger partial charge >= 0.3 is 24.1 Å². The van der Waals surface area contributed by atoms with E-state index in [1.165, 1.54) is 36.9 Å². The van der Waals surface area contributed by atoms with Gasteiger partial charge in [-0.2, -0.15) is 10.1 Å². The summed E-state index contributed by atoms with van der Waals surface area (Å²) in [4.78, 5) is 78.1. The number of aryl methyl sites for hydroxylation is 2. The lowest BCUT2D eigenvalue weighted by molar-refractivity contribution is 0.122. The number of oxazole rings is 1. The van der Waals surface area contributed by atoms with Crippen LogP contribution in [0, 0.1) is 18.6 Å². The van der Waals surface area contributed by atoms with Crippen LogP contribution in [0.15, 0.2) is 200 Å². The van der Waals surface area contributed by atoms with E-state index >= 15 is 0 Å². The summed E-state index contributed by atoms with van der Waals surface area (Å²) in [5, 5.41) is 38.0. The normalized spacial score (nSPS) is 13.5. The van der Waals surface area contributed by atoms with Crippen molar-refractivity contribution in [2.75, 3.05) is 35.0 Å². The third-order valence-corrected chi connectivity index (χ3v) is 21.8. The van der Waals surface area contributed by atoms with Crippen LogP contribution in [0.1, 0.15) is 83.7 Å². The number of nitrogens with zero attached hydrogens (tertiary/aromatic N) is 11. The molecule has 1 atom stereocenters. The molecule has 15 aromatic rings. The Balaban J connectivity index is 0.000000125. The van der Waals surface area contributed by atoms with E-state index in [-0.39, 0.29) is 75.8 Å². The molecule has 31 nitrogen and oxygen atoms in total. The van der Waals surface area contributed by atoms with Crippen LogP contribution in [-0.2, 0) is 7.05 Å². The van der Waals surface area contributed by atoms with Gasteiger partial charge in [-0.15, -0.1) is 0 Å². The van der Waals surface area contributed by atoms with E-state index in [0.717, 1.165) is 95.6 Å². The van der Waals surface area contributed by atoms with Crippen molar-refractivity contribution in [3.63, 3.8) is 0 Å². The van der Waals surface area contributed by atoms with Crippen LogP contribution in [0.4, 0.5) is 50.7 Å². The largest absolute Gasteiger partial charge is 0.496 e. The Labute approximate surface area is 750 Å². The number of aliphatic hydroxyl groups is 1. The Hall–Kier alpha value is -14.1. The number of pyridine rings is 3. The number of aliphatic hydroxyl groups excluding tert-OH is 1. The minimum atomic E-state index is -0.758. The number of methoxy groups -OCH3 is 1. The van der Waals surface area contributed by atoms with E-state index in [1.54, 1.807) is 129 Å². The number of urea groups is 4. The maximum absolute atomic E-state index is 15.0. The molecular weight excluding hydrogens is 1730 g/mol. The molecule has 1 unspecified atom stereocenters. The predicted octanol–water partition coefficient (Wildman–Crippen LogP) is 21.2. The molecule has 128 heavy (non-hydrogen) atoms. The van der Waals surface area contributed by atoms with Crippen LogP contribution in [-0.4, -0.2) is 127 Å². The molecular formula is C91H83Cl4F2N19O12. The second-order valence-electron chi connectivity index (χ2n) is 30.8. The first-order valence-electron chi connectivity index (χ1n) is 40.7. The van der Waals surface area contributed by atoms with Gasteiger partial charge in [0.05, 0.1) is 111 Å². The number of aromatic nitrogens is 11. The van der Waals surface area contributed by atoms with Gasteiger partial charge in [0, 0.05) is 113 Å². The highest BCUT2D eigenvalue weighted by atomic mass is 35.5. The molecule has 9 N–H and O–H groups in total. The zero-order valence-corrected chi connectivity index (χ0v) is 72.5. The number of carbonyl (C=O) groups excluding carboxylic acids is 4. The molecule has 0 saturated heterocycles. The number of benzene rings is 7. The zero-order valence-electron chi connectivity index (χ0n) is 69.4. The van der Waals surface area contributed by atoms with E-state index in [2.05, 4.69) is 96.4 Å². The second-order valence-corrected chi connectivity index (χ2v) is 32.4. The zero-order chi connectivity index (χ0) is 89.4. The fourth-order valence-corrected chi connectivity index (χ4v) is 13.9. The molecule has 8 amide bonds. The molecule has 8 heterocycles. The van der Waals surface area contributed by atoms with Gasteiger partial charge in [0.25, 0.3) is 0 Å². The molecule has 4 aliphatic rings. The summed E-state index contributed by atoms with van der Waals surface area (Å²) in [5.41, 5.74) is 9.20. The smallest absolute Gasteiger partial charge is 0.319 e. The number of carbonyl (C=O) groups is 4. The lowest BCUT2D eigenvalue weighted by Crippen LogP contribution is -2.30. The highest BCUT2D eigenvalue weighted by Gasteiger charge is 2.29. The summed E-state index contributed by atoms with van der Waals surface area (Å²) in [6.45, 7) is 7.86. The van der Waals surface area contributed by atoms with Crippen molar-refractivity contribution >= 4 is 132 Å². The van der Waals surface area contributed by atoms with Gasteiger partial charge in [0.15, 0.2) is 23.1 Å². The second kappa shape index (κ2) is 38.8. The van der Waals surface area contributed by atoms with Crippen LogP contribution in [0.2, 0.25) is 20.1 Å². The van der Waals surface area contributed by atoms with Crippen LogP contribution in [0.5, 0.6) is 57.6 Å². The number of fused-ring (bicyclic) bond motifs is 4. The number of halogens is 6. The van der Waals surface area contributed by atoms with E-state index in [9.17, 15) is 33.1 Å². The SMILES string of the molecule is CC(C)n1cnc(-c2ccc3c(Oc4ccc(NC(=O)NC5CC5)c(Cl)c4F)ccnc3c2)c1.COc1cc2nccc(Oc3ccc(NC(=O)NC4CC4)c(Cl)c3)c2cc1-c1ncco1.Cc1c(OCC(C)O)cn2ncnc(Oc3ccc(NC(=O)NC4CC4)c(Cl)c3)c12.Cn1cncc1-c1ccc2c(Oc3ccc(NC(=O)NC4CC4)c(Cl)c3F)ccnc2c1. The van der Waals surface area contributed by atoms with Crippen LogP contribution >= 0.6 is 46.4 Å². The number of hydrogen-bond donors (Lipinski definition) is 9. The Bertz CT molecular complexity index is 6660. The molecule has 4 aliphatic carbocycles. The molecule has 8 aromatic heterocycles. The van der Waals surface area contributed by atoms with Crippen molar-refractivity contribution in [1.29, 1.82) is 0 Å². The Morgan fingerprint density at radius 3 is 1.50 bits per heavy atom. The molecule has 37 heteroatoms. The van der Waals surface area contributed by atoms with Gasteiger partial charge < -0.3 is 89.6 Å². The van der Waals surface area contributed by atoms with Crippen molar-refractivity contribution in [3.8, 4) is 91.6 Å². The molecule has 4 fully saturated rings. The number of nitrogens with one attached hydrogen (secondary N) is 8. The first-order chi connectivity index (χ1) is 61.9. The molecule has 7 aromatic carbocycles. The molecule has 0 spiro atoms. The van der Waals surface area contributed by atoms with E-state index in [1.807, 2.05) is 71.8 Å². The topological polar surface area (TPSA) is 371 Å². The number of ether oxygens (including phenoxy) is 6. The Morgan fingerprint density at radius 2 is 1.02 bits per heavy atom. The first kappa shape index (κ1) is 87.4. The van der Waals surface area contributed by atoms with Gasteiger partial charge in [0.1, 0.15) is 75.0 Å². The summed E-state index contributed by atoms with van der Waals surface area (Å²) in [6.07, 6.45) is 25.6. The fourth-order valence-electron chi connectivity index (χ4n) is 13.1. The lowest BCUT2D eigenvalue weighted by Gasteiger charge is -2.13. The first-order valence-corrected chi connectivity index (χ1v) is 42.3. The number of amides is 8. The molecule has 4 saturated carbocycles. The number of imidazole rings is 2. The average Bonchev–Trinajstić information content (AvgIpc) is 1.70. The predicted molar refractivity (Wildman–Crippen MR) is 483 cm³/mol. The van der Waals surface area contributed by atoms with Gasteiger partial charge in [-0.05, 0) is 176 Å². The van der Waals surface area contributed by atoms with E-state index < -0.39 is 29.8 Å². The maximum Gasteiger partial charge on any atom is 0.319 e. The molecule has 19 rings (SSSR count). The average molecular weight is 1810 g/mol. The highest BCUT2D eigenvalue weighted by Crippen LogP contribution is 2.44. The minimum absolute atomic E-state index is 0.0497. The summed E-state index contributed by atoms with van der Waals surface area (Å²) in [7, 11) is 3.50. The van der Waals surface area contributed by atoms with Gasteiger partial charge in [-0.3, -0.25) is 15.0 Å². The number of hydrogen-bond acceptors (Lipinski definition) is 20. The summed E-state index contributed by atoms with van der Waals surface area (Å²) >= 11 is 25.0. The van der Waals surface area contributed by atoms with Crippen molar-refractivity contribution < 1.29 is 65.9 Å². The Kier molecular flexibility index (Phi) is 26.5. The van der Waals surface area contributed by atoms with E-state index in [0.29, 0.717) is 107 Å². The summed E-state index contributed by atoms with van der Waals surface area (Å²) in [5.74, 6) is 2.75. The monoisotopic (exact) mass is 1810 g/mol. The van der Waals surface area contributed by atoms with E-state index in [4.69, 9.17) is 79.2 Å². The maximum atomic E-state index is 15.0. The van der Waals surface area contributed by atoms with Crippen molar-refractivity contribution in [3.05, 3.63) is 233 Å². The minimum Gasteiger partial charge on any atom is -0.496 e. The van der Waals surface area contributed by atoms with Crippen LogP contribution < -0.4 is 71.0 Å². The van der Waals surface area contributed by atoms with Crippen LogP contribution in [0.25, 0.3) is 72.2 Å². The Morgan fingerprint density at radius 1 is 0.523 bits per heavy atom.